The average Bonchev–Trinajstić information content (AvgIpc) is 3.69. The number of thiophene rings is 2. The van der Waals surface area contributed by atoms with Crippen LogP contribution >= 0.6 is 34.0 Å². The molecule has 0 aliphatic rings. The number of aryl methyl sites for hydroxylation is 1. The Morgan fingerprint density at radius 2 is 1.92 bits per heavy atom. The topological polar surface area (TPSA) is 35.6 Å². The third-order valence-electron chi connectivity index (χ3n) is 6.23. The zero-order valence-corrected chi connectivity index (χ0v) is 23.1. The molecule has 0 unspecified atom stereocenters. The summed E-state index contributed by atoms with van der Waals surface area (Å²) in [5.41, 5.74) is 9.69. The van der Waals surface area contributed by atoms with Crippen LogP contribution in [0.15, 0.2) is 83.3 Å². The van der Waals surface area contributed by atoms with Crippen LogP contribution in [0.3, 0.4) is 0 Å². The van der Waals surface area contributed by atoms with Gasteiger partial charge in [0.15, 0.2) is 0 Å². The number of fused-ring (bicyclic) bond motifs is 5. The van der Waals surface area contributed by atoms with Gasteiger partial charge in [-0.25, -0.2) is 0 Å². The number of nitrogens with zero attached hydrogens (tertiary/aromatic N) is 4. The standard InChI is InChI=1S/C28H18N4S3.Rh/c1-31-12-10-18(14-31)22-16-33-24-13-21-20-8-4-5-9-23(20)32(27(21)30-26(22)24)11-6-2-3-7-19-15-34-28-25(19)29-17-35-28;/h2-10,12-17H,1H3;. The first kappa shape index (κ1) is 22.2. The van der Waals surface area contributed by atoms with Gasteiger partial charge in [0.1, 0.15) is 0 Å². The van der Waals surface area contributed by atoms with Crippen LogP contribution in [0.1, 0.15) is 5.56 Å². The molecule has 36 heavy (non-hydrogen) atoms. The molecule has 1 aromatic carbocycles. The van der Waals surface area contributed by atoms with Crippen molar-refractivity contribution in [3.8, 4) is 11.1 Å². The van der Waals surface area contributed by atoms with Crippen molar-refractivity contribution >= 4 is 86.0 Å². The molecule has 7 rings (SSSR count). The summed E-state index contributed by atoms with van der Waals surface area (Å²) in [6.07, 6.45) is 12.6. The van der Waals surface area contributed by atoms with Gasteiger partial charge in [-0.2, -0.15) is 0 Å². The van der Waals surface area contributed by atoms with Crippen LogP contribution in [0.5, 0.6) is 0 Å². The summed E-state index contributed by atoms with van der Waals surface area (Å²) in [4.78, 5) is 9.73. The van der Waals surface area contributed by atoms with E-state index in [4.69, 9.17) is 4.98 Å². The maximum atomic E-state index is 5.25. The van der Waals surface area contributed by atoms with E-state index in [0.717, 1.165) is 32.0 Å². The van der Waals surface area contributed by atoms with E-state index < -0.39 is 0 Å². The first-order valence-electron chi connectivity index (χ1n) is 11.3. The van der Waals surface area contributed by atoms with E-state index in [1.54, 1.807) is 34.0 Å². The summed E-state index contributed by atoms with van der Waals surface area (Å²) >= 11 is 8.34. The molecule has 7 aromatic rings. The fourth-order valence-electron chi connectivity index (χ4n) is 4.57. The summed E-state index contributed by atoms with van der Waals surface area (Å²) in [7, 11) is 2.05. The summed E-state index contributed by atoms with van der Waals surface area (Å²) in [6.45, 7) is 0. The predicted molar refractivity (Wildman–Crippen MR) is 153 cm³/mol. The van der Waals surface area contributed by atoms with Crippen molar-refractivity contribution in [3.05, 3.63) is 88.9 Å². The van der Waals surface area contributed by atoms with Crippen molar-refractivity contribution in [1.82, 2.24) is 19.1 Å². The van der Waals surface area contributed by atoms with Gasteiger partial charge < -0.3 is 0 Å². The van der Waals surface area contributed by atoms with E-state index in [-0.39, 0.29) is 0 Å². The zero-order chi connectivity index (χ0) is 24.2. The maximum absolute atomic E-state index is 5.25. The molecule has 0 fully saturated rings. The normalized spacial score (nSPS) is 12.5. The molecule has 0 aliphatic heterocycles. The second-order valence-electron chi connectivity index (χ2n) is 8.47. The minimum atomic E-state index is 0.965. The van der Waals surface area contributed by atoms with E-state index >= 15 is 0 Å². The van der Waals surface area contributed by atoms with Crippen LogP contribution in [0.4, 0.5) is 0 Å². The minimum absolute atomic E-state index is 0.965. The van der Waals surface area contributed by atoms with E-state index in [0.29, 0.717) is 0 Å². The molecule has 8 heteroatoms. The van der Waals surface area contributed by atoms with Gasteiger partial charge in [0.25, 0.3) is 0 Å². The van der Waals surface area contributed by atoms with Crippen LogP contribution in [0, 0.1) is 0 Å². The van der Waals surface area contributed by atoms with Gasteiger partial charge in [-0.1, -0.05) is 0 Å². The van der Waals surface area contributed by atoms with Gasteiger partial charge in [0.2, 0.25) is 0 Å². The van der Waals surface area contributed by atoms with Crippen molar-refractivity contribution in [2.75, 3.05) is 0 Å². The Morgan fingerprint density at radius 3 is 2.81 bits per heavy atom. The van der Waals surface area contributed by atoms with Crippen LogP contribution in [0.25, 0.3) is 58.9 Å². The number of hydrogen-bond acceptors (Lipinski definition) is 5. The Bertz CT molecular complexity index is 1990. The zero-order valence-electron chi connectivity index (χ0n) is 19.0. The van der Waals surface area contributed by atoms with Crippen molar-refractivity contribution in [2.24, 2.45) is 7.05 Å². The molecule has 0 radical (unpaired) electrons. The molecule has 0 saturated heterocycles. The molecule has 177 valence electrons. The number of aromatic nitrogens is 4. The molecule has 4 nitrogen and oxygen atoms in total. The fourth-order valence-corrected chi connectivity index (χ4v) is 7.78. The van der Waals surface area contributed by atoms with E-state index in [1.165, 1.54) is 30.6 Å². The van der Waals surface area contributed by atoms with Crippen molar-refractivity contribution < 1.29 is 17.9 Å². The van der Waals surface area contributed by atoms with E-state index in [2.05, 4.69) is 123 Å². The Morgan fingerprint density at radius 1 is 1.00 bits per heavy atom. The molecular formula is C28H18N4RhS3. The first-order valence-corrected chi connectivity index (χ1v) is 14.7. The Kier molecular flexibility index (Phi) is 5.44. The predicted octanol–water partition coefficient (Wildman–Crippen LogP) is 7.88. The third-order valence-corrected chi connectivity index (χ3v) is 9.77. The van der Waals surface area contributed by atoms with Gasteiger partial charge in [0, 0.05) is 0 Å². The SMILES string of the molecule is Cn1ccc(-c2csc3cc4c5ccccc5n([C](=[Rh])C=CC=Cc5csc6scnc56)c4nc23)c1. The molecular weight excluding hydrogens is 591 g/mol. The summed E-state index contributed by atoms with van der Waals surface area (Å²) in [5.74, 6) is 0. The van der Waals surface area contributed by atoms with Gasteiger partial charge in [-0.05, 0) is 0 Å². The Labute approximate surface area is 228 Å². The molecule has 6 aromatic heterocycles. The molecule has 0 saturated carbocycles. The molecule has 0 aliphatic carbocycles. The average molecular weight is 610 g/mol. The van der Waals surface area contributed by atoms with E-state index in [1.807, 2.05) is 5.51 Å². The number of para-hydroxylation sites is 1. The number of allylic oxidation sites excluding steroid dienone is 3. The quantitative estimate of drug-likeness (QED) is 0.147. The molecule has 0 atom stereocenters. The van der Waals surface area contributed by atoms with Gasteiger partial charge in [-0.3, -0.25) is 0 Å². The van der Waals surface area contributed by atoms with Gasteiger partial charge in [0.05, 0.1) is 0 Å². The second kappa shape index (κ2) is 8.82. The molecule has 0 N–H and O–H groups in total. The van der Waals surface area contributed by atoms with Gasteiger partial charge in [-0.15, -0.1) is 0 Å². The second-order valence-corrected chi connectivity index (χ2v) is 12.2. The molecule has 0 bridgehead atoms. The summed E-state index contributed by atoms with van der Waals surface area (Å²) in [5, 5.41) is 6.76. The van der Waals surface area contributed by atoms with Crippen LogP contribution < -0.4 is 0 Å². The number of thiazole rings is 1. The molecule has 0 spiro atoms. The fraction of sp³-hybridized carbons (Fsp3) is 0.0357. The van der Waals surface area contributed by atoms with E-state index in [9.17, 15) is 0 Å². The summed E-state index contributed by atoms with van der Waals surface area (Å²) < 4.78 is 7.79. The molecule has 0 amide bonds. The summed E-state index contributed by atoms with van der Waals surface area (Å²) in [6, 6.07) is 13.0. The third kappa shape index (κ3) is 3.60. The first-order chi connectivity index (χ1) is 17.7. The molecule has 6 heterocycles. The number of hydrogen-bond donors (Lipinski definition) is 0. The van der Waals surface area contributed by atoms with Crippen LogP contribution in [-0.4, -0.2) is 23.3 Å². The van der Waals surface area contributed by atoms with Gasteiger partial charge >= 0.3 is 230 Å². The van der Waals surface area contributed by atoms with Crippen LogP contribution in [-0.2, 0) is 24.9 Å². The van der Waals surface area contributed by atoms with Crippen molar-refractivity contribution in [1.29, 1.82) is 0 Å². The monoisotopic (exact) mass is 609 g/mol. The van der Waals surface area contributed by atoms with Crippen molar-refractivity contribution in [2.45, 2.75) is 0 Å². The Hall–Kier alpha value is -3.03. The van der Waals surface area contributed by atoms with Crippen LogP contribution in [0.2, 0.25) is 0 Å². The number of benzene rings is 1. The Balaban J connectivity index is 1.33. The number of pyridine rings is 1. The number of rotatable bonds is 5. The van der Waals surface area contributed by atoms with Crippen molar-refractivity contribution in [3.63, 3.8) is 0 Å².